The number of aromatic nitrogens is 7. The van der Waals surface area contributed by atoms with Crippen molar-refractivity contribution in [2.24, 2.45) is 0 Å². The second-order valence-electron chi connectivity index (χ2n) is 10.5. The number of aromatic amines is 1. The second-order valence-corrected chi connectivity index (χ2v) is 10.5. The molecule has 3 unspecified atom stereocenters. The Morgan fingerprint density at radius 3 is 2.83 bits per heavy atom. The smallest absolute Gasteiger partial charge is 0.165 e. The highest BCUT2D eigenvalue weighted by atomic mass is 16.5. The number of rotatable bonds is 4. The number of hydrogen-bond acceptors (Lipinski definition) is 7. The Morgan fingerprint density at radius 1 is 1.11 bits per heavy atom. The molecule has 10 heteroatoms. The summed E-state index contributed by atoms with van der Waals surface area (Å²) in [5.41, 5.74) is 8.14. The molecule has 0 aromatic carbocycles. The number of morpholine rings is 1. The molecule has 0 amide bonds. The third kappa shape index (κ3) is 3.35. The maximum absolute atomic E-state index is 6.58. The lowest BCUT2D eigenvalue weighted by Crippen LogP contribution is -2.46. The summed E-state index contributed by atoms with van der Waals surface area (Å²) in [6.07, 6.45) is 7.24. The number of fused-ring (bicyclic) bond motifs is 3. The molecule has 7 heterocycles. The number of nitrogens with zero attached hydrogens (tertiary/aromatic N) is 6. The van der Waals surface area contributed by atoms with Crippen molar-refractivity contribution in [1.29, 1.82) is 0 Å². The van der Waals surface area contributed by atoms with E-state index < -0.39 is 5.60 Å². The van der Waals surface area contributed by atoms with Gasteiger partial charge in [0.2, 0.25) is 0 Å². The molecular formula is C26H32N8O2. The topological polar surface area (TPSA) is 107 Å². The Morgan fingerprint density at radius 2 is 2.03 bits per heavy atom. The summed E-state index contributed by atoms with van der Waals surface area (Å²) in [4.78, 5) is 5.25. The molecule has 0 aliphatic carbocycles. The van der Waals surface area contributed by atoms with Gasteiger partial charge < -0.3 is 14.8 Å². The zero-order chi connectivity index (χ0) is 24.4. The van der Waals surface area contributed by atoms with Gasteiger partial charge in [0.05, 0.1) is 46.3 Å². The van der Waals surface area contributed by atoms with Crippen LogP contribution in [-0.4, -0.2) is 60.4 Å². The first kappa shape index (κ1) is 22.1. The summed E-state index contributed by atoms with van der Waals surface area (Å²) in [6, 6.07) is 4.26. The van der Waals surface area contributed by atoms with Gasteiger partial charge in [0.15, 0.2) is 11.9 Å². The van der Waals surface area contributed by atoms with E-state index >= 15 is 0 Å². The Kier molecular flexibility index (Phi) is 5.06. The van der Waals surface area contributed by atoms with Crippen LogP contribution in [-0.2, 0) is 15.1 Å². The lowest BCUT2D eigenvalue weighted by molar-refractivity contribution is -0.0711. The van der Waals surface area contributed by atoms with E-state index in [0.717, 1.165) is 103 Å². The SMILES string of the molecule is Cc1cc(-c2cnn3c(-c4c(C)n[nH]c4C)cc(C45CCC(CNC4)O5)nc23)n(C2CCCCO2)n1. The molecule has 10 nitrogen and oxygen atoms in total. The number of H-pyrrole nitrogens is 1. The van der Waals surface area contributed by atoms with Gasteiger partial charge in [-0.1, -0.05) is 0 Å². The van der Waals surface area contributed by atoms with E-state index in [9.17, 15) is 0 Å². The highest BCUT2D eigenvalue weighted by Gasteiger charge is 2.46. The zero-order valence-electron chi connectivity index (χ0n) is 21.0. The van der Waals surface area contributed by atoms with Gasteiger partial charge in [0, 0.05) is 31.0 Å². The Hall–Kier alpha value is -3.08. The molecule has 188 valence electrons. The van der Waals surface area contributed by atoms with Crippen molar-refractivity contribution < 1.29 is 9.47 Å². The van der Waals surface area contributed by atoms with Crippen molar-refractivity contribution in [3.8, 4) is 22.5 Å². The summed E-state index contributed by atoms with van der Waals surface area (Å²) in [5, 5.41) is 20.9. The van der Waals surface area contributed by atoms with Gasteiger partial charge >= 0.3 is 0 Å². The quantitative estimate of drug-likeness (QED) is 0.452. The fourth-order valence-electron chi connectivity index (χ4n) is 6.16. The molecule has 4 aromatic heterocycles. The van der Waals surface area contributed by atoms with E-state index in [4.69, 9.17) is 24.7 Å². The fraction of sp³-hybridized carbons (Fsp3) is 0.538. The standard InChI is InChI=1S/C26H32N8O2/c1-15-10-20(33(32-15)23-6-4-5-9-35-23)19-13-28-34-21(24-16(2)30-31-17(24)3)11-22(29-25(19)34)26-8-7-18(36-26)12-27-14-26/h10-11,13,18,23,27H,4-9,12,14H2,1-3H3,(H,30,31). The molecule has 0 saturated carbocycles. The van der Waals surface area contributed by atoms with Gasteiger partial charge in [-0.05, 0) is 65.0 Å². The van der Waals surface area contributed by atoms with Crippen molar-refractivity contribution in [2.75, 3.05) is 19.7 Å². The van der Waals surface area contributed by atoms with Crippen molar-refractivity contribution >= 4 is 5.65 Å². The minimum atomic E-state index is -0.435. The number of nitrogens with one attached hydrogen (secondary N) is 2. The minimum absolute atomic E-state index is 0.0709. The van der Waals surface area contributed by atoms with Gasteiger partial charge in [0.25, 0.3) is 0 Å². The summed E-state index contributed by atoms with van der Waals surface area (Å²) in [5.74, 6) is 0. The van der Waals surface area contributed by atoms with Gasteiger partial charge in [-0.15, -0.1) is 0 Å². The van der Waals surface area contributed by atoms with Crippen LogP contribution < -0.4 is 5.32 Å². The molecule has 2 N–H and O–H groups in total. The zero-order valence-corrected chi connectivity index (χ0v) is 21.0. The summed E-state index contributed by atoms with van der Waals surface area (Å²) < 4.78 is 16.7. The highest BCUT2D eigenvalue weighted by molar-refractivity contribution is 5.78. The Balaban J connectivity index is 1.46. The van der Waals surface area contributed by atoms with Crippen LogP contribution in [0.1, 0.15) is 61.1 Å². The second kappa shape index (κ2) is 8.22. The predicted octanol–water partition coefficient (Wildman–Crippen LogP) is 3.58. The van der Waals surface area contributed by atoms with Crippen LogP contribution in [0.2, 0.25) is 0 Å². The van der Waals surface area contributed by atoms with E-state index in [1.54, 1.807) is 0 Å². The van der Waals surface area contributed by atoms with Gasteiger partial charge in [-0.25, -0.2) is 14.2 Å². The molecule has 0 spiro atoms. The largest absolute Gasteiger partial charge is 0.363 e. The maximum atomic E-state index is 6.58. The van der Waals surface area contributed by atoms with Gasteiger partial charge in [-0.3, -0.25) is 5.10 Å². The summed E-state index contributed by atoms with van der Waals surface area (Å²) >= 11 is 0. The molecule has 3 fully saturated rings. The van der Waals surface area contributed by atoms with E-state index in [-0.39, 0.29) is 12.3 Å². The highest BCUT2D eigenvalue weighted by Crippen LogP contribution is 2.43. The molecule has 3 saturated heterocycles. The van der Waals surface area contributed by atoms with Gasteiger partial charge in [0.1, 0.15) is 5.60 Å². The number of hydrogen-bond donors (Lipinski definition) is 2. The van der Waals surface area contributed by atoms with Crippen molar-refractivity contribution in [3.05, 3.63) is 41.1 Å². The van der Waals surface area contributed by atoms with Crippen LogP contribution in [0.5, 0.6) is 0 Å². The van der Waals surface area contributed by atoms with Crippen LogP contribution in [0, 0.1) is 20.8 Å². The first-order valence-electron chi connectivity index (χ1n) is 13.0. The van der Waals surface area contributed by atoms with Crippen molar-refractivity contribution in [3.63, 3.8) is 0 Å². The Labute approximate surface area is 209 Å². The lowest BCUT2D eigenvalue weighted by atomic mass is 9.94. The molecule has 4 aromatic rings. The molecule has 36 heavy (non-hydrogen) atoms. The maximum Gasteiger partial charge on any atom is 0.165 e. The molecule has 2 bridgehead atoms. The van der Waals surface area contributed by atoms with Crippen molar-refractivity contribution in [2.45, 2.75) is 70.8 Å². The van der Waals surface area contributed by atoms with Gasteiger partial charge in [-0.2, -0.15) is 15.3 Å². The number of ether oxygens (including phenoxy) is 2. The molecule has 0 radical (unpaired) electrons. The third-order valence-corrected chi connectivity index (χ3v) is 7.93. The van der Waals surface area contributed by atoms with Crippen LogP contribution in [0.25, 0.3) is 28.2 Å². The van der Waals surface area contributed by atoms with Crippen molar-refractivity contribution in [1.82, 2.24) is 39.9 Å². The van der Waals surface area contributed by atoms with E-state index in [2.05, 4.69) is 27.6 Å². The van der Waals surface area contributed by atoms with E-state index in [1.807, 2.05) is 36.2 Å². The predicted molar refractivity (Wildman–Crippen MR) is 133 cm³/mol. The molecule has 7 rings (SSSR count). The molecule has 3 aliphatic heterocycles. The third-order valence-electron chi connectivity index (χ3n) is 7.93. The van der Waals surface area contributed by atoms with Crippen LogP contribution in [0.15, 0.2) is 18.3 Å². The average Bonchev–Trinajstić information content (AvgIpc) is 3.64. The van der Waals surface area contributed by atoms with E-state index in [1.165, 1.54) is 0 Å². The summed E-state index contributed by atoms with van der Waals surface area (Å²) in [7, 11) is 0. The summed E-state index contributed by atoms with van der Waals surface area (Å²) in [6.45, 7) is 8.51. The fourth-order valence-corrected chi connectivity index (χ4v) is 6.16. The molecule has 3 aliphatic rings. The Bertz CT molecular complexity index is 1420. The average molecular weight is 489 g/mol. The van der Waals surface area contributed by atoms with Crippen LogP contribution in [0.4, 0.5) is 0 Å². The molecular weight excluding hydrogens is 456 g/mol. The number of aryl methyl sites for hydroxylation is 3. The van der Waals surface area contributed by atoms with Crippen LogP contribution >= 0.6 is 0 Å². The van der Waals surface area contributed by atoms with E-state index in [0.29, 0.717) is 0 Å². The lowest BCUT2D eigenvalue weighted by Gasteiger charge is -2.34. The minimum Gasteiger partial charge on any atom is -0.363 e. The monoisotopic (exact) mass is 488 g/mol. The first-order chi connectivity index (χ1) is 17.5. The van der Waals surface area contributed by atoms with Crippen LogP contribution in [0.3, 0.4) is 0 Å². The first-order valence-corrected chi connectivity index (χ1v) is 13.0. The molecule has 3 atom stereocenters. The normalized spacial score (nSPS) is 26.2.